The molecule has 1 rings (SSSR count). The topological polar surface area (TPSA) is 15.3 Å². The molecule has 0 fully saturated rings. The summed E-state index contributed by atoms with van der Waals surface area (Å²) in [6, 6.07) is 9.19. The van der Waals surface area contributed by atoms with Crippen LogP contribution in [-0.4, -0.2) is 37.3 Å². The standard InChI is InChI=1S/C14H21F3N2/c1-4-19(10-14(15,16)17)11(2)13(18-3)12-8-6-5-7-9-12/h5-9,11,13,18H,4,10H2,1-3H3. The van der Waals surface area contributed by atoms with Crippen molar-refractivity contribution in [1.29, 1.82) is 0 Å². The van der Waals surface area contributed by atoms with E-state index in [1.165, 1.54) is 4.90 Å². The molecule has 2 unspecified atom stereocenters. The van der Waals surface area contributed by atoms with Crippen LogP contribution in [0.2, 0.25) is 0 Å². The maximum Gasteiger partial charge on any atom is 0.401 e. The van der Waals surface area contributed by atoms with E-state index in [2.05, 4.69) is 5.32 Å². The van der Waals surface area contributed by atoms with Crippen molar-refractivity contribution in [2.75, 3.05) is 20.1 Å². The molecular formula is C14H21F3N2. The molecule has 0 heterocycles. The smallest absolute Gasteiger partial charge is 0.312 e. The van der Waals surface area contributed by atoms with Crippen LogP contribution in [0.5, 0.6) is 0 Å². The second-order valence-corrected chi connectivity index (χ2v) is 4.60. The first-order valence-corrected chi connectivity index (χ1v) is 6.42. The van der Waals surface area contributed by atoms with Crippen molar-refractivity contribution in [3.05, 3.63) is 35.9 Å². The fourth-order valence-corrected chi connectivity index (χ4v) is 2.33. The minimum atomic E-state index is -4.17. The molecule has 2 atom stereocenters. The summed E-state index contributed by atoms with van der Waals surface area (Å²) in [5, 5.41) is 3.11. The van der Waals surface area contributed by atoms with E-state index in [0.29, 0.717) is 6.54 Å². The van der Waals surface area contributed by atoms with Crippen LogP contribution in [0.3, 0.4) is 0 Å². The van der Waals surface area contributed by atoms with Crippen LogP contribution in [0.4, 0.5) is 13.2 Å². The monoisotopic (exact) mass is 274 g/mol. The Balaban J connectivity index is 2.85. The molecule has 19 heavy (non-hydrogen) atoms. The predicted molar refractivity (Wildman–Crippen MR) is 71.0 cm³/mol. The zero-order valence-electron chi connectivity index (χ0n) is 11.5. The van der Waals surface area contributed by atoms with Crippen molar-refractivity contribution in [2.24, 2.45) is 0 Å². The normalized spacial score (nSPS) is 15.5. The van der Waals surface area contributed by atoms with E-state index in [9.17, 15) is 13.2 Å². The fraction of sp³-hybridized carbons (Fsp3) is 0.571. The number of nitrogens with one attached hydrogen (secondary N) is 1. The van der Waals surface area contributed by atoms with Crippen molar-refractivity contribution < 1.29 is 13.2 Å². The van der Waals surface area contributed by atoms with Crippen LogP contribution in [0.1, 0.15) is 25.5 Å². The predicted octanol–water partition coefficient (Wildman–Crippen LogP) is 3.22. The van der Waals surface area contributed by atoms with Gasteiger partial charge in [0.05, 0.1) is 6.54 Å². The van der Waals surface area contributed by atoms with E-state index >= 15 is 0 Å². The minimum Gasteiger partial charge on any atom is -0.312 e. The van der Waals surface area contributed by atoms with Crippen LogP contribution in [-0.2, 0) is 0 Å². The molecule has 0 aliphatic heterocycles. The van der Waals surface area contributed by atoms with E-state index in [1.54, 1.807) is 14.0 Å². The highest BCUT2D eigenvalue weighted by Gasteiger charge is 2.34. The Morgan fingerprint density at radius 1 is 1.21 bits per heavy atom. The van der Waals surface area contributed by atoms with E-state index in [1.807, 2.05) is 37.3 Å². The lowest BCUT2D eigenvalue weighted by atomic mass is 9.99. The summed E-state index contributed by atoms with van der Waals surface area (Å²) in [4.78, 5) is 1.44. The summed E-state index contributed by atoms with van der Waals surface area (Å²) in [5.41, 5.74) is 0.998. The average molecular weight is 274 g/mol. The lowest BCUT2D eigenvalue weighted by Gasteiger charge is -2.34. The molecule has 0 spiro atoms. The molecule has 1 aromatic carbocycles. The number of nitrogens with zero attached hydrogens (tertiary/aromatic N) is 1. The number of alkyl halides is 3. The number of hydrogen-bond donors (Lipinski definition) is 1. The van der Waals surface area contributed by atoms with Crippen molar-refractivity contribution in [1.82, 2.24) is 10.2 Å². The number of benzene rings is 1. The SMILES string of the molecule is CCN(CC(F)(F)F)C(C)C(NC)c1ccccc1. The van der Waals surface area contributed by atoms with Crippen LogP contribution in [0.15, 0.2) is 30.3 Å². The summed E-state index contributed by atoms with van der Waals surface area (Å²) in [6.45, 7) is 3.06. The lowest BCUT2D eigenvalue weighted by Crippen LogP contribution is -2.46. The average Bonchev–Trinajstić information content (AvgIpc) is 2.37. The highest BCUT2D eigenvalue weighted by Crippen LogP contribution is 2.24. The summed E-state index contributed by atoms with van der Waals surface area (Å²) >= 11 is 0. The van der Waals surface area contributed by atoms with Gasteiger partial charge in [-0.15, -0.1) is 0 Å². The van der Waals surface area contributed by atoms with Gasteiger partial charge in [0.2, 0.25) is 0 Å². The first kappa shape index (κ1) is 16.0. The summed E-state index contributed by atoms with van der Waals surface area (Å²) in [6.07, 6.45) is -4.17. The van der Waals surface area contributed by atoms with Crippen LogP contribution in [0.25, 0.3) is 0 Å². The van der Waals surface area contributed by atoms with E-state index in [0.717, 1.165) is 5.56 Å². The van der Waals surface area contributed by atoms with Crippen LogP contribution < -0.4 is 5.32 Å². The second-order valence-electron chi connectivity index (χ2n) is 4.60. The van der Waals surface area contributed by atoms with E-state index in [4.69, 9.17) is 0 Å². The number of halogens is 3. The largest absolute Gasteiger partial charge is 0.401 e. The molecule has 0 radical (unpaired) electrons. The Morgan fingerprint density at radius 2 is 1.79 bits per heavy atom. The Kier molecular flexibility index (Phi) is 5.82. The molecule has 0 aliphatic carbocycles. The third kappa shape index (κ3) is 4.84. The minimum absolute atomic E-state index is 0.122. The molecule has 0 amide bonds. The van der Waals surface area contributed by atoms with Crippen molar-refractivity contribution >= 4 is 0 Å². The van der Waals surface area contributed by atoms with Crippen molar-refractivity contribution in [3.8, 4) is 0 Å². The van der Waals surface area contributed by atoms with Gasteiger partial charge in [-0.25, -0.2) is 0 Å². The fourth-order valence-electron chi connectivity index (χ4n) is 2.33. The molecule has 108 valence electrons. The van der Waals surface area contributed by atoms with Gasteiger partial charge >= 0.3 is 6.18 Å². The molecule has 0 bridgehead atoms. The lowest BCUT2D eigenvalue weighted by molar-refractivity contribution is -0.150. The summed E-state index contributed by atoms with van der Waals surface area (Å²) in [7, 11) is 1.77. The maximum atomic E-state index is 12.6. The Bertz CT molecular complexity index is 365. The molecule has 0 saturated heterocycles. The van der Waals surface area contributed by atoms with Gasteiger partial charge in [-0.05, 0) is 26.1 Å². The number of hydrogen-bond acceptors (Lipinski definition) is 2. The van der Waals surface area contributed by atoms with Gasteiger partial charge in [-0.3, -0.25) is 4.90 Å². The van der Waals surface area contributed by atoms with Gasteiger partial charge in [-0.1, -0.05) is 37.3 Å². The number of rotatable bonds is 6. The van der Waals surface area contributed by atoms with Crippen LogP contribution >= 0.6 is 0 Å². The molecule has 1 N–H and O–H groups in total. The molecule has 1 aromatic rings. The third-order valence-electron chi connectivity index (χ3n) is 3.32. The van der Waals surface area contributed by atoms with Crippen molar-refractivity contribution in [3.63, 3.8) is 0 Å². The molecule has 5 heteroatoms. The van der Waals surface area contributed by atoms with Crippen molar-refractivity contribution in [2.45, 2.75) is 32.1 Å². The molecular weight excluding hydrogens is 253 g/mol. The summed E-state index contributed by atoms with van der Waals surface area (Å²) in [5.74, 6) is 0. The zero-order valence-corrected chi connectivity index (χ0v) is 11.5. The quantitative estimate of drug-likeness (QED) is 0.857. The van der Waals surface area contributed by atoms with Gasteiger partial charge in [0.25, 0.3) is 0 Å². The molecule has 0 aliphatic rings. The Labute approximate surface area is 112 Å². The second kappa shape index (κ2) is 6.91. The summed E-state index contributed by atoms with van der Waals surface area (Å²) < 4.78 is 37.7. The highest BCUT2D eigenvalue weighted by atomic mass is 19.4. The van der Waals surface area contributed by atoms with Gasteiger partial charge in [-0.2, -0.15) is 13.2 Å². The molecule has 0 aromatic heterocycles. The first-order valence-electron chi connectivity index (χ1n) is 6.42. The number of likely N-dealkylation sites (N-methyl/N-ethyl adjacent to an activating group) is 2. The highest BCUT2D eigenvalue weighted by molar-refractivity contribution is 5.20. The van der Waals surface area contributed by atoms with Crippen LogP contribution in [0, 0.1) is 0 Å². The first-order chi connectivity index (χ1) is 8.89. The Hall–Kier alpha value is -1.07. The van der Waals surface area contributed by atoms with Gasteiger partial charge < -0.3 is 5.32 Å². The maximum absolute atomic E-state index is 12.6. The Morgan fingerprint density at radius 3 is 2.21 bits per heavy atom. The molecule has 2 nitrogen and oxygen atoms in total. The third-order valence-corrected chi connectivity index (χ3v) is 3.32. The van der Waals surface area contributed by atoms with Gasteiger partial charge in [0.15, 0.2) is 0 Å². The molecule has 0 saturated carbocycles. The van der Waals surface area contributed by atoms with Gasteiger partial charge in [0, 0.05) is 12.1 Å². The van der Waals surface area contributed by atoms with Gasteiger partial charge in [0.1, 0.15) is 0 Å². The van der Waals surface area contributed by atoms with E-state index < -0.39 is 12.7 Å². The zero-order chi connectivity index (χ0) is 14.5. The van der Waals surface area contributed by atoms with E-state index in [-0.39, 0.29) is 12.1 Å².